The summed E-state index contributed by atoms with van der Waals surface area (Å²) < 4.78 is 3.10. The van der Waals surface area contributed by atoms with Gasteiger partial charge < -0.3 is 15.2 Å². The van der Waals surface area contributed by atoms with Gasteiger partial charge in [0, 0.05) is 23.3 Å². The van der Waals surface area contributed by atoms with Crippen molar-refractivity contribution in [3.8, 4) is 0 Å². The van der Waals surface area contributed by atoms with Gasteiger partial charge in [0.25, 0.3) is 5.91 Å². The van der Waals surface area contributed by atoms with Crippen molar-refractivity contribution in [2.75, 3.05) is 19.6 Å². The molecule has 1 amide bonds. The van der Waals surface area contributed by atoms with Gasteiger partial charge in [-0.25, -0.2) is 0 Å². The predicted molar refractivity (Wildman–Crippen MR) is 78.3 cm³/mol. The minimum absolute atomic E-state index is 0.0585. The van der Waals surface area contributed by atoms with E-state index in [9.17, 15) is 4.79 Å². The Bertz CT molecular complexity index is 461. The molecule has 2 fully saturated rings. The topological polar surface area (TPSA) is 46.1 Å². The summed E-state index contributed by atoms with van der Waals surface area (Å²) in [4.78, 5) is 12.3. The molecule has 0 radical (unpaired) electrons. The first kappa shape index (κ1) is 13.2. The molecule has 1 unspecified atom stereocenters. The third-order valence-corrected chi connectivity index (χ3v) is 4.37. The van der Waals surface area contributed by atoms with Crippen molar-refractivity contribution in [3.05, 3.63) is 22.4 Å². The Morgan fingerprint density at radius 2 is 2.32 bits per heavy atom. The third-order valence-electron chi connectivity index (χ3n) is 3.94. The van der Waals surface area contributed by atoms with Gasteiger partial charge in [-0.2, -0.15) is 0 Å². The summed E-state index contributed by atoms with van der Waals surface area (Å²) in [5.41, 5.74) is 0.790. The van der Waals surface area contributed by atoms with E-state index < -0.39 is 0 Å². The van der Waals surface area contributed by atoms with Gasteiger partial charge in [0.2, 0.25) is 0 Å². The summed E-state index contributed by atoms with van der Waals surface area (Å²) in [6, 6.07) is 2.45. The lowest BCUT2D eigenvalue weighted by Crippen LogP contribution is -2.38. The summed E-state index contributed by atoms with van der Waals surface area (Å²) in [6.45, 7) is 2.91. The van der Waals surface area contributed by atoms with E-state index in [2.05, 4.69) is 31.1 Å². The monoisotopic (exact) mass is 325 g/mol. The SMILES string of the molecule is O=C(NCC1CCCNC1)c1cc(Br)cn1C1CC1. The van der Waals surface area contributed by atoms with E-state index in [1.807, 2.05) is 12.3 Å². The van der Waals surface area contributed by atoms with E-state index in [-0.39, 0.29) is 5.91 Å². The molecule has 5 heteroatoms. The van der Waals surface area contributed by atoms with Gasteiger partial charge in [-0.1, -0.05) is 0 Å². The molecule has 1 aromatic rings. The number of hydrogen-bond acceptors (Lipinski definition) is 2. The number of carbonyl (C=O) groups excluding carboxylic acids is 1. The van der Waals surface area contributed by atoms with Crippen LogP contribution in [0.3, 0.4) is 0 Å². The molecule has 1 aromatic heterocycles. The van der Waals surface area contributed by atoms with Gasteiger partial charge in [0.05, 0.1) is 0 Å². The number of amides is 1. The number of piperidine rings is 1. The minimum Gasteiger partial charge on any atom is -0.350 e. The highest BCUT2D eigenvalue weighted by Crippen LogP contribution is 2.37. The standard InChI is InChI=1S/C14H20BrN3O/c15-11-6-13(18(9-11)12-3-4-12)14(19)17-8-10-2-1-5-16-7-10/h6,9-10,12,16H,1-5,7-8H2,(H,17,19). The highest BCUT2D eigenvalue weighted by atomic mass is 79.9. The molecular formula is C14H20BrN3O. The van der Waals surface area contributed by atoms with E-state index in [1.54, 1.807) is 0 Å². The summed E-state index contributed by atoms with van der Waals surface area (Å²) in [5.74, 6) is 0.633. The van der Waals surface area contributed by atoms with Crippen LogP contribution in [0.4, 0.5) is 0 Å². The van der Waals surface area contributed by atoms with Crippen LogP contribution in [0.25, 0.3) is 0 Å². The number of carbonyl (C=O) groups is 1. The van der Waals surface area contributed by atoms with E-state index in [0.717, 1.165) is 29.8 Å². The summed E-state index contributed by atoms with van der Waals surface area (Å²) in [7, 11) is 0. The fourth-order valence-electron chi connectivity index (χ4n) is 2.71. The van der Waals surface area contributed by atoms with Gasteiger partial charge >= 0.3 is 0 Å². The highest BCUT2D eigenvalue weighted by molar-refractivity contribution is 9.10. The molecule has 1 saturated heterocycles. The van der Waals surface area contributed by atoms with Crippen molar-refractivity contribution >= 4 is 21.8 Å². The molecule has 1 atom stereocenters. The van der Waals surface area contributed by atoms with Crippen LogP contribution in [-0.2, 0) is 0 Å². The molecule has 1 saturated carbocycles. The number of aromatic nitrogens is 1. The van der Waals surface area contributed by atoms with E-state index in [4.69, 9.17) is 0 Å². The maximum atomic E-state index is 12.3. The Balaban J connectivity index is 1.60. The third kappa shape index (κ3) is 3.20. The zero-order valence-corrected chi connectivity index (χ0v) is 12.6. The first-order valence-electron chi connectivity index (χ1n) is 7.10. The summed E-state index contributed by atoms with van der Waals surface area (Å²) >= 11 is 3.46. The number of nitrogens with one attached hydrogen (secondary N) is 2. The Hall–Kier alpha value is -0.810. The normalized spacial score (nSPS) is 23.3. The molecule has 2 aliphatic rings. The molecule has 1 aliphatic heterocycles. The van der Waals surface area contributed by atoms with Gasteiger partial charge in [-0.15, -0.1) is 0 Å². The van der Waals surface area contributed by atoms with Gasteiger partial charge in [0.15, 0.2) is 0 Å². The Labute approximate surface area is 122 Å². The lowest BCUT2D eigenvalue weighted by molar-refractivity contribution is 0.0935. The lowest BCUT2D eigenvalue weighted by atomic mass is 10.00. The van der Waals surface area contributed by atoms with Crippen molar-refractivity contribution in [1.82, 2.24) is 15.2 Å². The summed E-state index contributed by atoms with van der Waals surface area (Å²) in [6.07, 6.45) is 6.82. The van der Waals surface area contributed by atoms with Crippen LogP contribution >= 0.6 is 15.9 Å². The first-order chi connectivity index (χ1) is 9.24. The maximum Gasteiger partial charge on any atom is 0.267 e. The zero-order chi connectivity index (χ0) is 13.2. The number of rotatable bonds is 4. The highest BCUT2D eigenvalue weighted by Gasteiger charge is 2.27. The van der Waals surface area contributed by atoms with E-state index in [0.29, 0.717) is 12.0 Å². The van der Waals surface area contributed by atoms with E-state index >= 15 is 0 Å². The number of halogens is 1. The predicted octanol–water partition coefficient (Wildman–Crippen LogP) is 2.31. The van der Waals surface area contributed by atoms with Crippen LogP contribution in [0.5, 0.6) is 0 Å². The molecular weight excluding hydrogens is 306 g/mol. The molecule has 19 heavy (non-hydrogen) atoms. The van der Waals surface area contributed by atoms with Crippen LogP contribution in [0.2, 0.25) is 0 Å². The molecule has 0 bridgehead atoms. The fraction of sp³-hybridized carbons (Fsp3) is 0.643. The summed E-state index contributed by atoms with van der Waals surface area (Å²) in [5, 5.41) is 6.46. The molecule has 0 aromatic carbocycles. The quantitative estimate of drug-likeness (QED) is 0.892. The number of hydrogen-bond donors (Lipinski definition) is 2. The second kappa shape index (κ2) is 5.67. The molecule has 0 spiro atoms. The largest absolute Gasteiger partial charge is 0.350 e. The van der Waals surface area contributed by atoms with Gasteiger partial charge in [-0.3, -0.25) is 4.79 Å². The van der Waals surface area contributed by atoms with Crippen molar-refractivity contribution in [1.29, 1.82) is 0 Å². The Morgan fingerprint density at radius 1 is 1.47 bits per heavy atom. The number of nitrogens with zero attached hydrogens (tertiary/aromatic N) is 1. The maximum absolute atomic E-state index is 12.3. The van der Waals surface area contributed by atoms with Crippen LogP contribution in [0, 0.1) is 5.92 Å². The van der Waals surface area contributed by atoms with Crippen molar-refractivity contribution in [2.24, 2.45) is 5.92 Å². The second-order valence-corrected chi connectivity index (χ2v) is 6.52. The molecule has 4 nitrogen and oxygen atoms in total. The molecule has 2 heterocycles. The molecule has 104 valence electrons. The molecule has 2 N–H and O–H groups in total. The zero-order valence-electron chi connectivity index (χ0n) is 11.0. The van der Waals surface area contributed by atoms with Crippen molar-refractivity contribution in [3.63, 3.8) is 0 Å². The van der Waals surface area contributed by atoms with Crippen LogP contribution in [0.15, 0.2) is 16.7 Å². The van der Waals surface area contributed by atoms with Crippen molar-refractivity contribution < 1.29 is 4.79 Å². The average Bonchev–Trinajstić information content (AvgIpc) is 3.20. The smallest absolute Gasteiger partial charge is 0.267 e. The minimum atomic E-state index is 0.0585. The van der Waals surface area contributed by atoms with Crippen LogP contribution < -0.4 is 10.6 Å². The van der Waals surface area contributed by atoms with Crippen LogP contribution in [0.1, 0.15) is 42.2 Å². The van der Waals surface area contributed by atoms with Crippen LogP contribution in [-0.4, -0.2) is 30.1 Å². The Morgan fingerprint density at radius 3 is 3.00 bits per heavy atom. The molecule has 3 rings (SSSR count). The van der Waals surface area contributed by atoms with E-state index in [1.165, 1.54) is 25.7 Å². The first-order valence-corrected chi connectivity index (χ1v) is 7.89. The lowest BCUT2D eigenvalue weighted by Gasteiger charge is -2.23. The molecule has 1 aliphatic carbocycles. The Kier molecular flexibility index (Phi) is 3.93. The second-order valence-electron chi connectivity index (χ2n) is 5.60. The van der Waals surface area contributed by atoms with Crippen molar-refractivity contribution in [2.45, 2.75) is 31.7 Å². The average molecular weight is 326 g/mol. The van der Waals surface area contributed by atoms with Gasteiger partial charge in [-0.05, 0) is 66.7 Å². The fourth-order valence-corrected chi connectivity index (χ4v) is 3.15. The van der Waals surface area contributed by atoms with Gasteiger partial charge in [0.1, 0.15) is 5.69 Å².